The first-order chi connectivity index (χ1) is 5.75. The summed E-state index contributed by atoms with van der Waals surface area (Å²) in [6, 6.07) is 5.38. The van der Waals surface area contributed by atoms with Crippen LogP contribution in [0.15, 0.2) is 18.2 Å². The summed E-state index contributed by atoms with van der Waals surface area (Å²) in [6.07, 6.45) is -0.701. The fourth-order valence-electron chi connectivity index (χ4n) is 1.23. The van der Waals surface area contributed by atoms with Gasteiger partial charge in [0.25, 0.3) is 0 Å². The number of alkyl halides is 1. The van der Waals surface area contributed by atoms with Crippen molar-refractivity contribution in [1.82, 2.24) is 4.98 Å². The molecule has 0 aromatic carbocycles. The van der Waals surface area contributed by atoms with Gasteiger partial charge in [0, 0.05) is 0 Å². The van der Waals surface area contributed by atoms with E-state index in [4.69, 9.17) is 5.73 Å². The van der Waals surface area contributed by atoms with Gasteiger partial charge in [-0.1, -0.05) is 6.07 Å². The largest absolute Gasteiger partial charge is 0.384 e. The highest BCUT2D eigenvalue weighted by atomic mass is 19.1. The minimum absolute atomic E-state index is 0.441. The van der Waals surface area contributed by atoms with Crippen molar-refractivity contribution in [2.24, 2.45) is 0 Å². The van der Waals surface area contributed by atoms with Crippen molar-refractivity contribution >= 4 is 11.6 Å². The molecule has 0 bridgehead atoms. The van der Waals surface area contributed by atoms with E-state index in [9.17, 15) is 4.39 Å². The van der Waals surface area contributed by atoms with Crippen molar-refractivity contribution < 1.29 is 4.39 Å². The van der Waals surface area contributed by atoms with Crippen LogP contribution in [0.1, 0.15) is 0 Å². The number of anilines is 2. The molecule has 0 atom stereocenters. The third kappa shape index (κ3) is 1.20. The lowest BCUT2D eigenvalue weighted by atomic mass is 10.2. The Morgan fingerprint density at radius 2 is 2.25 bits per heavy atom. The van der Waals surface area contributed by atoms with E-state index in [1.807, 2.05) is 17.0 Å². The zero-order valence-electron chi connectivity index (χ0n) is 6.57. The Morgan fingerprint density at radius 3 is 2.83 bits per heavy atom. The van der Waals surface area contributed by atoms with E-state index in [1.165, 1.54) is 0 Å². The smallest absolute Gasteiger partial charge is 0.135 e. The standard InChI is InChI=1S/C8H10FN3/c9-6-4-12(5-6)8-3-1-2-7(10)11-8/h1-3,6H,4-5H2,(H2,10,11). The number of nitrogens with two attached hydrogens (primary N) is 1. The maximum Gasteiger partial charge on any atom is 0.135 e. The molecule has 0 radical (unpaired) electrons. The van der Waals surface area contributed by atoms with Gasteiger partial charge in [-0.2, -0.15) is 0 Å². The van der Waals surface area contributed by atoms with Crippen LogP contribution < -0.4 is 10.6 Å². The summed E-state index contributed by atoms with van der Waals surface area (Å²) in [5, 5.41) is 0. The van der Waals surface area contributed by atoms with Crippen LogP contribution in [-0.2, 0) is 0 Å². The molecular formula is C8H10FN3. The number of rotatable bonds is 1. The molecule has 0 spiro atoms. The van der Waals surface area contributed by atoms with Crippen LogP contribution >= 0.6 is 0 Å². The van der Waals surface area contributed by atoms with Gasteiger partial charge in [0.2, 0.25) is 0 Å². The second-order valence-corrected chi connectivity index (χ2v) is 2.92. The highest BCUT2D eigenvalue weighted by molar-refractivity contribution is 5.47. The number of hydrogen-bond donors (Lipinski definition) is 1. The Bertz CT molecular complexity index is 283. The topological polar surface area (TPSA) is 42.1 Å². The molecule has 1 aliphatic heterocycles. The number of halogens is 1. The summed E-state index contributed by atoms with van der Waals surface area (Å²) in [7, 11) is 0. The maximum absolute atomic E-state index is 12.5. The van der Waals surface area contributed by atoms with E-state index in [0.29, 0.717) is 18.9 Å². The Labute approximate surface area is 70.0 Å². The van der Waals surface area contributed by atoms with Crippen LogP contribution in [0, 0.1) is 0 Å². The molecule has 12 heavy (non-hydrogen) atoms. The molecule has 0 saturated carbocycles. The Balaban J connectivity index is 2.13. The van der Waals surface area contributed by atoms with Gasteiger partial charge in [-0.3, -0.25) is 0 Å². The molecule has 0 aliphatic carbocycles. The number of pyridine rings is 1. The summed E-state index contributed by atoms with van der Waals surface area (Å²) < 4.78 is 12.5. The number of hydrogen-bond acceptors (Lipinski definition) is 3. The minimum Gasteiger partial charge on any atom is -0.384 e. The van der Waals surface area contributed by atoms with Crippen LogP contribution in [0.25, 0.3) is 0 Å². The van der Waals surface area contributed by atoms with E-state index in [-0.39, 0.29) is 0 Å². The summed E-state index contributed by atoms with van der Waals surface area (Å²) >= 11 is 0. The molecule has 1 fully saturated rings. The third-order valence-electron chi connectivity index (χ3n) is 1.92. The van der Waals surface area contributed by atoms with Crippen LogP contribution in [0.4, 0.5) is 16.0 Å². The Kier molecular flexibility index (Phi) is 1.60. The van der Waals surface area contributed by atoms with Crippen molar-refractivity contribution in [3.8, 4) is 0 Å². The van der Waals surface area contributed by atoms with E-state index >= 15 is 0 Å². The zero-order chi connectivity index (χ0) is 8.55. The zero-order valence-corrected chi connectivity index (χ0v) is 6.57. The molecule has 1 aromatic heterocycles. The van der Waals surface area contributed by atoms with Gasteiger partial charge < -0.3 is 10.6 Å². The van der Waals surface area contributed by atoms with Crippen molar-refractivity contribution in [2.45, 2.75) is 6.17 Å². The van der Waals surface area contributed by atoms with E-state index < -0.39 is 6.17 Å². The fourth-order valence-corrected chi connectivity index (χ4v) is 1.23. The first-order valence-corrected chi connectivity index (χ1v) is 3.87. The second kappa shape index (κ2) is 2.62. The van der Waals surface area contributed by atoms with E-state index in [1.54, 1.807) is 6.07 Å². The molecule has 0 unspecified atom stereocenters. The van der Waals surface area contributed by atoms with Gasteiger partial charge >= 0.3 is 0 Å². The molecular weight excluding hydrogens is 157 g/mol. The first-order valence-electron chi connectivity index (χ1n) is 3.87. The summed E-state index contributed by atoms with van der Waals surface area (Å²) in [5.41, 5.74) is 5.48. The van der Waals surface area contributed by atoms with Gasteiger partial charge in [-0.25, -0.2) is 9.37 Å². The average Bonchev–Trinajstić information content (AvgIpc) is 1.99. The number of nitrogen functional groups attached to an aromatic ring is 1. The van der Waals surface area contributed by atoms with Gasteiger partial charge in [-0.05, 0) is 12.1 Å². The van der Waals surface area contributed by atoms with Crippen molar-refractivity contribution in [2.75, 3.05) is 23.7 Å². The molecule has 2 rings (SSSR count). The Hall–Kier alpha value is -1.32. The molecule has 1 saturated heterocycles. The summed E-state index contributed by atoms with van der Waals surface area (Å²) in [5.74, 6) is 1.25. The van der Waals surface area contributed by atoms with Gasteiger partial charge in [0.15, 0.2) is 0 Å². The fraction of sp³-hybridized carbons (Fsp3) is 0.375. The van der Waals surface area contributed by atoms with E-state index in [2.05, 4.69) is 4.98 Å². The maximum atomic E-state index is 12.5. The molecule has 2 N–H and O–H groups in total. The van der Waals surface area contributed by atoms with Crippen LogP contribution in [0.3, 0.4) is 0 Å². The third-order valence-corrected chi connectivity index (χ3v) is 1.92. The molecule has 1 aliphatic rings. The Morgan fingerprint density at radius 1 is 1.50 bits per heavy atom. The molecule has 0 amide bonds. The number of nitrogens with zero attached hydrogens (tertiary/aromatic N) is 2. The summed E-state index contributed by atoms with van der Waals surface area (Å²) in [4.78, 5) is 5.93. The lowest BCUT2D eigenvalue weighted by molar-refractivity contribution is 0.273. The SMILES string of the molecule is Nc1cccc(N2CC(F)C2)n1. The molecule has 1 aromatic rings. The van der Waals surface area contributed by atoms with Crippen LogP contribution in [0.5, 0.6) is 0 Å². The lowest BCUT2D eigenvalue weighted by Gasteiger charge is -2.35. The van der Waals surface area contributed by atoms with E-state index in [0.717, 1.165) is 5.82 Å². The lowest BCUT2D eigenvalue weighted by Crippen LogP contribution is -2.48. The average molecular weight is 167 g/mol. The van der Waals surface area contributed by atoms with Gasteiger partial charge in [0.1, 0.15) is 17.8 Å². The second-order valence-electron chi connectivity index (χ2n) is 2.92. The number of aromatic nitrogens is 1. The highest BCUT2D eigenvalue weighted by Gasteiger charge is 2.26. The van der Waals surface area contributed by atoms with Crippen molar-refractivity contribution in [3.63, 3.8) is 0 Å². The highest BCUT2D eigenvalue weighted by Crippen LogP contribution is 2.20. The van der Waals surface area contributed by atoms with Gasteiger partial charge in [0.05, 0.1) is 13.1 Å². The first kappa shape index (κ1) is 7.34. The quantitative estimate of drug-likeness (QED) is 0.673. The molecule has 3 nitrogen and oxygen atoms in total. The predicted molar refractivity (Wildman–Crippen MR) is 45.8 cm³/mol. The molecule has 2 heterocycles. The summed E-state index contributed by atoms with van der Waals surface area (Å²) in [6.45, 7) is 0.882. The van der Waals surface area contributed by atoms with Crippen molar-refractivity contribution in [3.05, 3.63) is 18.2 Å². The minimum atomic E-state index is -0.701. The van der Waals surface area contributed by atoms with Crippen molar-refractivity contribution in [1.29, 1.82) is 0 Å². The monoisotopic (exact) mass is 167 g/mol. The predicted octanol–water partition coefficient (Wildman–Crippen LogP) is 0.822. The van der Waals surface area contributed by atoms with Crippen LogP contribution in [0.2, 0.25) is 0 Å². The van der Waals surface area contributed by atoms with Gasteiger partial charge in [-0.15, -0.1) is 0 Å². The molecule has 4 heteroatoms. The molecule has 64 valence electrons. The van der Waals surface area contributed by atoms with Crippen LogP contribution in [-0.4, -0.2) is 24.2 Å². The normalized spacial score (nSPS) is 17.6.